The van der Waals surface area contributed by atoms with Gasteiger partial charge in [0.1, 0.15) is 17.5 Å². The molecule has 1 unspecified atom stereocenters. The highest BCUT2D eigenvalue weighted by molar-refractivity contribution is 7.13. The Balaban J connectivity index is 1.77. The van der Waals surface area contributed by atoms with E-state index in [1.165, 1.54) is 22.1 Å². The Labute approximate surface area is 155 Å². The first-order valence-corrected chi connectivity index (χ1v) is 9.14. The second-order valence-corrected chi connectivity index (χ2v) is 6.55. The molecular weight excluding hydrogens is 350 g/mol. The number of benzene rings is 1. The predicted molar refractivity (Wildman–Crippen MR) is 103 cm³/mol. The summed E-state index contributed by atoms with van der Waals surface area (Å²) < 4.78 is 6.59. The molecule has 0 bridgehead atoms. The highest BCUT2D eigenvalue weighted by atomic mass is 32.1. The number of hydrogen-bond donors (Lipinski definition) is 1. The summed E-state index contributed by atoms with van der Waals surface area (Å²) >= 11 is 1.53. The quantitative estimate of drug-likeness (QED) is 0.721. The number of nitrogens with zero attached hydrogens (tertiary/aromatic N) is 2. The molecule has 0 saturated carbocycles. The summed E-state index contributed by atoms with van der Waals surface area (Å²) in [4.78, 5) is 25.6. The molecule has 1 N–H and O–H groups in total. The van der Waals surface area contributed by atoms with Crippen molar-refractivity contribution < 1.29 is 9.53 Å². The molecule has 7 heteroatoms. The van der Waals surface area contributed by atoms with Gasteiger partial charge in [-0.15, -0.1) is 11.3 Å². The fourth-order valence-corrected chi connectivity index (χ4v) is 3.11. The third kappa shape index (κ3) is 4.00. The van der Waals surface area contributed by atoms with Gasteiger partial charge in [-0.05, 0) is 55.6 Å². The maximum absolute atomic E-state index is 12.5. The van der Waals surface area contributed by atoms with Crippen LogP contribution >= 0.6 is 11.3 Å². The lowest BCUT2D eigenvalue weighted by Gasteiger charge is -2.15. The highest BCUT2D eigenvalue weighted by Gasteiger charge is 2.18. The second kappa shape index (κ2) is 7.97. The van der Waals surface area contributed by atoms with E-state index in [0.717, 1.165) is 10.6 Å². The monoisotopic (exact) mass is 369 g/mol. The number of carbonyl (C=O) groups excluding carboxylic acids is 1. The van der Waals surface area contributed by atoms with E-state index < -0.39 is 6.04 Å². The first-order valence-electron chi connectivity index (χ1n) is 8.26. The van der Waals surface area contributed by atoms with E-state index in [2.05, 4.69) is 10.4 Å². The normalized spacial score (nSPS) is 11.8. The van der Waals surface area contributed by atoms with Crippen LogP contribution in [0.4, 0.5) is 5.69 Å². The molecule has 134 valence electrons. The van der Waals surface area contributed by atoms with Crippen LogP contribution < -0.4 is 15.6 Å². The van der Waals surface area contributed by atoms with Crippen molar-refractivity contribution in [2.24, 2.45) is 0 Å². The Morgan fingerprint density at radius 3 is 2.65 bits per heavy atom. The fraction of sp³-hybridized carbons (Fsp3) is 0.211. The van der Waals surface area contributed by atoms with Gasteiger partial charge in [-0.2, -0.15) is 5.10 Å². The minimum Gasteiger partial charge on any atom is -0.494 e. The zero-order valence-corrected chi connectivity index (χ0v) is 15.3. The van der Waals surface area contributed by atoms with Crippen molar-refractivity contribution in [3.8, 4) is 16.3 Å². The number of rotatable bonds is 6. The lowest BCUT2D eigenvalue weighted by Crippen LogP contribution is -2.33. The van der Waals surface area contributed by atoms with E-state index in [1.54, 1.807) is 37.3 Å². The summed E-state index contributed by atoms with van der Waals surface area (Å²) in [6.07, 6.45) is 0. The van der Waals surface area contributed by atoms with Crippen molar-refractivity contribution in [3.05, 3.63) is 64.3 Å². The molecule has 1 amide bonds. The lowest BCUT2D eigenvalue weighted by atomic mass is 10.2. The van der Waals surface area contributed by atoms with Gasteiger partial charge in [-0.1, -0.05) is 6.07 Å². The molecule has 3 rings (SSSR count). The summed E-state index contributed by atoms with van der Waals surface area (Å²) in [6, 6.07) is 13.3. The number of amides is 1. The summed E-state index contributed by atoms with van der Waals surface area (Å²) in [7, 11) is 0. The van der Waals surface area contributed by atoms with Gasteiger partial charge in [-0.3, -0.25) is 9.59 Å². The maximum Gasteiger partial charge on any atom is 0.267 e. The van der Waals surface area contributed by atoms with Gasteiger partial charge < -0.3 is 10.1 Å². The third-order valence-electron chi connectivity index (χ3n) is 3.78. The van der Waals surface area contributed by atoms with Crippen molar-refractivity contribution in [2.75, 3.05) is 11.9 Å². The molecule has 0 aliphatic rings. The zero-order chi connectivity index (χ0) is 18.5. The van der Waals surface area contributed by atoms with Crippen LogP contribution in [0.25, 0.3) is 10.6 Å². The molecule has 0 radical (unpaired) electrons. The minimum absolute atomic E-state index is 0.313. The molecule has 1 aromatic carbocycles. The van der Waals surface area contributed by atoms with Crippen LogP contribution in [0.2, 0.25) is 0 Å². The standard InChI is InChI=1S/C19H19N3O3S/c1-3-25-15-8-6-14(7-9-15)20-19(24)13(2)22-18(23)11-10-16(21-22)17-5-4-12-26-17/h4-13H,3H2,1-2H3,(H,20,24). The Hall–Kier alpha value is -2.93. The molecule has 3 aromatic rings. The topological polar surface area (TPSA) is 73.2 Å². The molecular formula is C19H19N3O3S. The van der Waals surface area contributed by atoms with E-state index in [0.29, 0.717) is 18.0 Å². The molecule has 1 atom stereocenters. The van der Waals surface area contributed by atoms with Crippen LogP contribution in [-0.4, -0.2) is 22.3 Å². The summed E-state index contributed by atoms with van der Waals surface area (Å²) in [5.74, 6) is 0.423. The van der Waals surface area contributed by atoms with Crippen LogP contribution in [0, 0.1) is 0 Å². The molecule has 0 fully saturated rings. The minimum atomic E-state index is -0.742. The van der Waals surface area contributed by atoms with Gasteiger partial charge in [0.25, 0.3) is 5.56 Å². The number of nitrogens with one attached hydrogen (secondary N) is 1. The van der Waals surface area contributed by atoms with E-state index in [4.69, 9.17) is 4.74 Å². The molecule has 0 aliphatic carbocycles. The molecule has 6 nitrogen and oxygen atoms in total. The Bertz CT molecular complexity index is 933. The number of thiophene rings is 1. The highest BCUT2D eigenvalue weighted by Crippen LogP contribution is 2.22. The maximum atomic E-state index is 12.5. The van der Waals surface area contributed by atoms with Crippen LogP contribution in [0.5, 0.6) is 5.75 Å². The first-order chi connectivity index (χ1) is 12.6. The number of carbonyl (C=O) groups is 1. The average molecular weight is 369 g/mol. The largest absolute Gasteiger partial charge is 0.494 e. The van der Waals surface area contributed by atoms with Crippen LogP contribution in [0.1, 0.15) is 19.9 Å². The van der Waals surface area contributed by atoms with Gasteiger partial charge in [0.05, 0.1) is 11.5 Å². The van der Waals surface area contributed by atoms with Gasteiger partial charge in [-0.25, -0.2) is 4.68 Å². The van der Waals surface area contributed by atoms with E-state index >= 15 is 0 Å². The van der Waals surface area contributed by atoms with Gasteiger partial charge in [0.15, 0.2) is 0 Å². The van der Waals surface area contributed by atoms with Crippen LogP contribution in [-0.2, 0) is 4.79 Å². The number of ether oxygens (including phenoxy) is 1. The molecule has 2 aromatic heterocycles. The molecule has 0 saturated heterocycles. The SMILES string of the molecule is CCOc1ccc(NC(=O)C(C)n2nc(-c3cccs3)ccc2=O)cc1. The summed E-state index contributed by atoms with van der Waals surface area (Å²) in [5.41, 5.74) is 0.979. The van der Waals surface area contributed by atoms with Crippen molar-refractivity contribution >= 4 is 22.9 Å². The smallest absolute Gasteiger partial charge is 0.267 e. The Morgan fingerprint density at radius 1 is 1.23 bits per heavy atom. The number of aromatic nitrogens is 2. The molecule has 2 heterocycles. The van der Waals surface area contributed by atoms with Crippen molar-refractivity contribution in [1.82, 2.24) is 9.78 Å². The Morgan fingerprint density at radius 2 is 2.00 bits per heavy atom. The molecule has 0 spiro atoms. The van der Waals surface area contributed by atoms with Crippen LogP contribution in [0.3, 0.4) is 0 Å². The van der Waals surface area contributed by atoms with Gasteiger partial charge in [0, 0.05) is 11.8 Å². The van der Waals surface area contributed by atoms with Gasteiger partial charge in [0.2, 0.25) is 5.91 Å². The predicted octanol–water partition coefficient (Wildman–Crippen LogP) is 3.57. The van der Waals surface area contributed by atoms with Gasteiger partial charge >= 0.3 is 0 Å². The molecule has 0 aliphatic heterocycles. The first kappa shape index (κ1) is 17.9. The van der Waals surface area contributed by atoms with Crippen molar-refractivity contribution in [3.63, 3.8) is 0 Å². The van der Waals surface area contributed by atoms with E-state index in [-0.39, 0.29) is 11.5 Å². The summed E-state index contributed by atoms with van der Waals surface area (Å²) in [5, 5.41) is 9.09. The number of anilines is 1. The molecule has 26 heavy (non-hydrogen) atoms. The van der Waals surface area contributed by atoms with Crippen LogP contribution in [0.15, 0.2) is 58.7 Å². The number of hydrogen-bond acceptors (Lipinski definition) is 5. The average Bonchev–Trinajstić information content (AvgIpc) is 3.18. The summed E-state index contributed by atoms with van der Waals surface area (Å²) in [6.45, 7) is 4.14. The lowest BCUT2D eigenvalue weighted by molar-refractivity contribution is -0.119. The second-order valence-electron chi connectivity index (χ2n) is 5.60. The van der Waals surface area contributed by atoms with E-state index in [9.17, 15) is 9.59 Å². The van der Waals surface area contributed by atoms with Crippen molar-refractivity contribution in [1.29, 1.82) is 0 Å². The Kier molecular flexibility index (Phi) is 5.48. The van der Waals surface area contributed by atoms with Crippen molar-refractivity contribution in [2.45, 2.75) is 19.9 Å². The third-order valence-corrected chi connectivity index (χ3v) is 4.67. The fourth-order valence-electron chi connectivity index (χ4n) is 2.42. The van der Waals surface area contributed by atoms with E-state index in [1.807, 2.05) is 24.4 Å². The zero-order valence-electron chi connectivity index (χ0n) is 14.5.